The number of carbonyl (C=O) groups is 1. The molecule has 1 aliphatic rings. The van der Waals surface area contributed by atoms with Crippen LogP contribution in [0.5, 0.6) is 5.75 Å². The molecule has 3 rings (SSSR count). The first-order valence-corrected chi connectivity index (χ1v) is 7.32. The number of nitrogens with one attached hydrogen (secondary N) is 1. The van der Waals surface area contributed by atoms with Gasteiger partial charge in [0.25, 0.3) is 0 Å². The van der Waals surface area contributed by atoms with Crippen LogP contribution in [-0.2, 0) is 19.5 Å². The number of carbonyl (C=O) groups excluding carboxylic acids is 1. The lowest BCUT2D eigenvalue weighted by molar-refractivity contribution is 0.192. The largest absolute Gasteiger partial charge is 0.508 e. The monoisotopic (exact) mass is 289 g/mol. The van der Waals surface area contributed by atoms with E-state index in [0.29, 0.717) is 19.6 Å². The summed E-state index contributed by atoms with van der Waals surface area (Å²) < 4.78 is 0. The molecule has 0 saturated carbocycles. The molecule has 0 bridgehead atoms. The molecule has 2 aromatic rings. The summed E-state index contributed by atoms with van der Waals surface area (Å²) in [5, 5.41) is 15.2. The summed E-state index contributed by atoms with van der Waals surface area (Å²) in [4.78, 5) is 18.0. The lowest BCUT2D eigenvalue weighted by atomic mass is 10.00. The number of hydrogen-bond donors (Lipinski definition) is 2. The van der Waals surface area contributed by atoms with E-state index in [2.05, 4.69) is 10.3 Å². The number of rotatable bonds is 2. The first-order chi connectivity index (χ1) is 9.72. The Balaban J connectivity index is 1.62. The fourth-order valence-corrected chi connectivity index (χ4v) is 2.88. The number of aromatic hydroxyl groups is 1. The van der Waals surface area contributed by atoms with Crippen LogP contribution in [0.4, 0.5) is 4.79 Å². The molecule has 2 N–H and O–H groups in total. The van der Waals surface area contributed by atoms with E-state index in [4.69, 9.17) is 0 Å². The molecule has 0 fully saturated rings. The van der Waals surface area contributed by atoms with Gasteiger partial charge in [0, 0.05) is 24.7 Å². The average molecular weight is 289 g/mol. The molecule has 0 aliphatic carbocycles. The minimum Gasteiger partial charge on any atom is -0.508 e. The first-order valence-electron chi connectivity index (χ1n) is 6.44. The molecule has 0 atom stereocenters. The normalized spacial score (nSPS) is 13.9. The number of fused-ring (bicyclic) bond motifs is 1. The van der Waals surface area contributed by atoms with E-state index in [-0.39, 0.29) is 11.8 Å². The van der Waals surface area contributed by atoms with Gasteiger partial charge in [0.1, 0.15) is 10.8 Å². The molecule has 5 nitrogen and oxygen atoms in total. The zero-order chi connectivity index (χ0) is 13.9. The zero-order valence-corrected chi connectivity index (χ0v) is 11.7. The van der Waals surface area contributed by atoms with Crippen molar-refractivity contribution in [1.82, 2.24) is 15.2 Å². The number of urea groups is 1. The molecule has 1 aliphatic heterocycles. The van der Waals surface area contributed by atoms with Gasteiger partial charge in [-0.05, 0) is 29.7 Å². The van der Waals surface area contributed by atoms with Crippen LogP contribution in [0, 0.1) is 0 Å². The number of nitrogens with zero attached hydrogens (tertiary/aromatic N) is 2. The summed E-state index contributed by atoms with van der Waals surface area (Å²) >= 11 is 1.52. The Morgan fingerprint density at radius 1 is 1.45 bits per heavy atom. The highest BCUT2D eigenvalue weighted by molar-refractivity contribution is 7.09. The Morgan fingerprint density at radius 2 is 2.35 bits per heavy atom. The van der Waals surface area contributed by atoms with Crippen molar-refractivity contribution < 1.29 is 9.90 Å². The lowest BCUT2D eigenvalue weighted by Gasteiger charge is -2.29. The van der Waals surface area contributed by atoms with E-state index >= 15 is 0 Å². The predicted molar refractivity (Wildman–Crippen MR) is 76.6 cm³/mol. The maximum absolute atomic E-state index is 12.1. The summed E-state index contributed by atoms with van der Waals surface area (Å²) in [5.74, 6) is 0.244. The van der Waals surface area contributed by atoms with E-state index in [1.807, 2.05) is 11.4 Å². The van der Waals surface area contributed by atoms with Crippen LogP contribution in [0.2, 0.25) is 0 Å². The van der Waals surface area contributed by atoms with Crippen molar-refractivity contribution in [2.75, 3.05) is 6.54 Å². The van der Waals surface area contributed by atoms with E-state index in [1.165, 1.54) is 16.9 Å². The molecular weight excluding hydrogens is 274 g/mol. The molecule has 0 radical (unpaired) electrons. The van der Waals surface area contributed by atoms with Gasteiger partial charge < -0.3 is 15.3 Å². The second-order valence-electron chi connectivity index (χ2n) is 4.71. The van der Waals surface area contributed by atoms with E-state index in [0.717, 1.165) is 17.0 Å². The molecule has 20 heavy (non-hydrogen) atoms. The topological polar surface area (TPSA) is 65.5 Å². The average Bonchev–Trinajstić information content (AvgIpc) is 2.97. The summed E-state index contributed by atoms with van der Waals surface area (Å²) in [7, 11) is 0. The second-order valence-corrected chi connectivity index (χ2v) is 5.69. The van der Waals surface area contributed by atoms with Crippen LogP contribution in [0.1, 0.15) is 16.1 Å². The summed E-state index contributed by atoms with van der Waals surface area (Å²) in [6.45, 7) is 1.69. The quantitative estimate of drug-likeness (QED) is 0.890. The summed E-state index contributed by atoms with van der Waals surface area (Å²) in [6.07, 6.45) is 2.55. The number of phenolic OH excluding ortho intramolecular Hbond substituents is 1. The van der Waals surface area contributed by atoms with E-state index in [1.54, 1.807) is 23.2 Å². The summed E-state index contributed by atoms with van der Waals surface area (Å²) in [6, 6.07) is 5.26. The third kappa shape index (κ3) is 2.75. The third-order valence-electron chi connectivity index (χ3n) is 3.36. The maximum Gasteiger partial charge on any atom is 0.318 e. The standard InChI is InChI=1S/C14H15N3O2S/c18-12-2-1-10-3-5-17(9-11(10)7-12)14(19)16-8-13-15-4-6-20-13/h1-2,4,6-7,18H,3,5,8-9H2,(H,16,19). The van der Waals surface area contributed by atoms with Crippen molar-refractivity contribution in [2.45, 2.75) is 19.5 Å². The van der Waals surface area contributed by atoms with Gasteiger partial charge in [-0.3, -0.25) is 0 Å². The Hall–Kier alpha value is -2.08. The van der Waals surface area contributed by atoms with Crippen LogP contribution in [0.25, 0.3) is 0 Å². The van der Waals surface area contributed by atoms with Crippen molar-refractivity contribution in [3.63, 3.8) is 0 Å². The first kappa shape index (κ1) is 12.9. The minimum absolute atomic E-state index is 0.0887. The van der Waals surface area contributed by atoms with Gasteiger partial charge in [-0.2, -0.15) is 0 Å². The molecule has 0 unspecified atom stereocenters. The number of thiazole rings is 1. The van der Waals surface area contributed by atoms with Gasteiger partial charge in [-0.1, -0.05) is 6.07 Å². The summed E-state index contributed by atoms with van der Waals surface area (Å²) in [5.41, 5.74) is 2.22. The van der Waals surface area contributed by atoms with Gasteiger partial charge in [0.2, 0.25) is 0 Å². The van der Waals surface area contributed by atoms with Crippen LogP contribution in [0.15, 0.2) is 29.8 Å². The van der Waals surface area contributed by atoms with Crippen LogP contribution in [-0.4, -0.2) is 27.6 Å². The van der Waals surface area contributed by atoms with Crippen molar-refractivity contribution in [3.8, 4) is 5.75 Å². The number of aromatic nitrogens is 1. The smallest absolute Gasteiger partial charge is 0.318 e. The van der Waals surface area contributed by atoms with Gasteiger partial charge in [0.15, 0.2) is 0 Å². The molecule has 2 heterocycles. The van der Waals surface area contributed by atoms with Crippen molar-refractivity contribution >= 4 is 17.4 Å². The molecule has 0 spiro atoms. The molecule has 0 saturated heterocycles. The highest BCUT2D eigenvalue weighted by Gasteiger charge is 2.20. The number of phenols is 1. The fraction of sp³-hybridized carbons (Fsp3) is 0.286. The SMILES string of the molecule is O=C(NCc1nccs1)N1CCc2ccc(O)cc2C1. The van der Waals surface area contributed by atoms with Crippen LogP contribution in [0.3, 0.4) is 0 Å². The van der Waals surface area contributed by atoms with Crippen LogP contribution >= 0.6 is 11.3 Å². The molecule has 6 heteroatoms. The minimum atomic E-state index is -0.0887. The molecule has 1 aromatic heterocycles. The maximum atomic E-state index is 12.1. The van der Waals surface area contributed by atoms with Crippen molar-refractivity contribution in [2.24, 2.45) is 0 Å². The molecule has 1 aromatic carbocycles. The van der Waals surface area contributed by atoms with Crippen LogP contribution < -0.4 is 5.32 Å². The number of hydrogen-bond acceptors (Lipinski definition) is 4. The third-order valence-corrected chi connectivity index (χ3v) is 4.14. The molecule has 104 valence electrons. The second kappa shape index (κ2) is 5.50. The van der Waals surface area contributed by atoms with Gasteiger partial charge in [0.05, 0.1) is 6.54 Å². The van der Waals surface area contributed by atoms with E-state index in [9.17, 15) is 9.90 Å². The van der Waals surface area contributed by atoms with Gasteiger partial charge in [-0.25, -0.2) is 9.78 Å². The Bertz CT molecular complexity index is 613. The molecule has 2 amide bonds. The Labute approximate surface area is 120 Å². The predicted octanol–water partition coefficient (Wildman–Crippen LogP) is 2.12. The Kier molecular flexibility index (Phi) is 3.56. The van der Waals surface area contributed by atoms with Gasteiger partial charge in [-0.15, -0.1) is 11.3 Å². The van der Waals surface area contributed by atoms with Crippen molar-refractivity contribution in [1.29, 1.82) is 0 Å². The zero-order valence-electron chi connectivity index (χ0n) is 10.9. The van der Waals surface area contributed by atoms with E-state index < -0.39 is 0 Å². The van der Waals surface area contributed by atoms with Gasteiger partial charge >= 0.3 is 6.03 Å². The fourth-order valence-electron chi connectivity index (χ4n) is 2.32. The lowest BCUT2D eigenvalue weighted by Crippen LogP contribution is -2.42. The highest BCUT2D eigenvalue weighted by Crippen LogP contribution is 2.23. The molecular formula is C14H15N3O2S. The highest BCUT2D eigenvalue weighted by atomic mass is 32.1. The number of benzene rings is 1. The number of amides is 2. The van der Waals surface area contributed by atoms with Crippen molar-refractivity contribution in [3.05, 3.63) is 45.9 Å². The Morgan fingerprint density at radius 3 is 3.15 bits per heavy atom.